The van der Waals surface area contributed by atoms with Crippen LogP contribution in [0.1, 0.15) is 23.8 Å². The van der Waals surface area contributed by atoms with Crippen LogP contribution in [0.15, 0.2) is 41.0 Å². The van der Waals surface area contributed by atoms with Crippen LogP contribution in [-0.2, 0) is 10.9 Å². The summed E-state index contributed by atoms with van der Waals surface area (Å²) >= 11 is 0. The molecule has 0 saturated carbocycles. The van der Waals surface area contributed by atoms with Crippen LogP contribution < -0.4 is 5.32 Å². The number of halogens is 3. The van der Waals surface area contributed by atoms with E-state index in [-0.39, 0.29) is 28.5 Å². The van der Waals surface area contributed by atoms with Crippen molar-refractivity contribution in [3.63, 3.8) is 0 Å². The molecule has 0 radical (unpaired) electrons. The highest BCUT2D eigenvalue weighted by atomic mass is 19.4. The molecule has 1 aromatic carbocycles. The van der Waals surface area contributed by atoms with Gasteiger partial charge in [0.1, 0.15) is 0 Å². The van der Waals surface area contributed by atoms with Gasteiger partial charge in [0.2, 0.25) is 5.88 Å². The number of alkyl halides is 3. The molecule has 1 aliphatic rings. The number of rotatable bonds is 3. The molecular formula is C16H14F3NO3. The van der Waals surface area contributed by atoms with Crippen LogP contribution in [0.25, 0.3) is 11.1 Å². The average molecular weight is 325 g/mol. The van der Waals surface area contributed by atoms with Gasteiger partial charge in [-0.2, -0.15) is 13.2 Å². The lowest BCUT2D eigenvalue weighted by Gasteiger charge is -2.09. The first-order valence-corrected chi connectivity index (χ1v) is 6.93. The minimum absolute atomic E-state index is 0.184. The maximum Gasteiger partial charge on any atom is 0.416 e. The lowest BCUT2D eigenvalue weighted by molar-refractivity contribution is -0.137. The summed E-state index contributed by atoms with van der Waals surface area (Å²) in [5.74, 6) is 0.154. The summed E-state index contributed by atoms with van der Waals surface area (Å²) in [6.07, 6.45) is -1.16. The van der Waals surface area contributed by atoms with Crippen molar-refractivity contribution in [2.24, 2.45) is 0 Å². The number of hydrogen-bond acceptors (Lipinski definition) is 4. The van der Waals surface area contributed by atoms with Gasteiger partial charge in [-0.3, -0.25) is 0 Å². The third kappa shape index (κ3) is 2.74. The number of furan rings is 1. The summed E-state index contributed by atoms with van der Waals surface area (Å²) in [6, 6.07) is 4.73. The second kappa shape index (κ2) is 5.57. The van der Waals surface area contributed by atoms with Crippen molar-refractivity contribution in [1.82, 2.24) is 0 Å². The van der Waals surface area contributed by atoms with Crippen molar-refractivity contribution in [3.8, 4) is 16.9 Å². The Balaban J connectivity index is 2.09. The molecule has 3 rings (SSSR count). The number of benzene rings is 1. The molecule has 2 aromatic rings. The fraction of sp³-hybridized carbons (Fsp3) is 0.250. The Morgan fingerprint density at radius 3 is 2.70 bits per heavy atom. The summed E-state index contributed by atoms with van der Waals surface area (Å²) < 4.78 is 49.5. The van der Waals surface area contributed by atoms with Crippen LogP contribution in [-0.4, -0.2) is 12.2 Å². The summed E-state index contributed by atoms with van der Waals surface area (Å²) in [5.41, 5.74) is -0.398. The summed E-state index contributed by atoms with van der Waals surface area (Å²) in [7, 11) is 1.56. The summed E-state index contributed by atoms with van der Waals surface area (Å²) in [6.45, 7) is 0. The van der Waals surface area contributed by atoms with Gasteiger partial charge >= 0.3 is 6.18 Å². The van der Waals surface area contributed by atoms with Crippen molar-refractivity contribution < 1.29 is 27.4 Å². The zero-order valence-electron chi connectivity index (χ0n) is 12.1. The van der Waals surface area contributed by atoms with E-state index in [0.29, 0.717) is 6.42 Å². The molecule has 0 aliphatic carbocycles. The van der Waals surface area contributed by atoms with E-state index >= 15 is 0 Å². The Hall–Kier alpha value is -2.57. The van der Waals surface area contributed by atoms with Crippen molar-refractivity contribution >= 4 is 5.88 Å². The molecular weight excluding hydrogens is 311 g/mol. The fourth-order valence-corrected chi connectivity index (χ4v) is 2.51. The summed E-state index contributed by atoms with van der Waals surface area (Å²) in [4.78, 5) is 0. The van der Waals surface area contributed by atoms with Gasteiger partial charge in [-0.25, -0.2) is 0 Å². The molecule has 0 bridgehead atoms. The van der Waals surface area contributed by atoms with E-state index in [1.54, 1.807) is 13.1 Å². The Morgan fingerprint density at radius 1 is 1.30 bits per heavy atom. The number of nitrogens with one attached hydrogen (secondary N) is 1. The highest BCUT2D eigenvalue weighted by Gasteiger charge is 2.32. The maximum atomic E-state index is 12.9. The van der Waals surface area contributed by atoms with Gasteiger partial charge in [0, 0.05) is 13.5 Å². The molecule has 1 aromatic heterocycles. The maximum absolute atomic E-state index is 12.9. The highest BCUT2D eigenvalue weighted by Crippen LogP contribution is 2.47. The molecule has 7 heteroatoms. The molecule has 2 heterocycles. The van der Waals surface area contributed by atoms with Crippen LogP contribution in [0, 0.1) is 0 Å². The molecule has 1 unspecified atom stereocenters. The molecule has 2 N–H and O–H groups in total. The van der Waals surface area contributed by atoms with E-state index in [2.05, 4.69) is 5.32 Å². The normalized spacial score (nSPS) is 17.3. The van der Waals surface area contributed by atoms with Crippen LogP contribution in [0.5, 0.6) is 5.75 Å². The van der Waals surface area contributed by atoms with Crippen LogP contribution >= 0.6 is 0 Å². The van der Waals surface area contributed by atoms with E-state index in [4.69, 9.17) is 9.15 Å². The second-order valence-electron chi connectivity index (χ2n) is 5.08. The van der Waals surface area contributed by atoms with Gasteiger partial charge in [0.25, 0.3) is 0 Å². The van der Waals surface area contributed by atoms with Crippen molar-refractivity contribution in [1.29, 1.82) is 0 Å². The number of hydrogen-bond donors (Lipinski definition) is 2. The van der Waals surface area contributed by atoms with E-state index in [9.17, 15) is 18.3 Å². The average Bonchev–Trinajstić information content (AvgIpc) is 3.13. The quantitative estimate of drug-likeness (QED) is 0.860. The van der Waals surface area contributed by atoms with Crippen molar-refractivity contribution in [2.75, 3.05) is 12.4 Å². The third-order valence-corrected chi connectivity index (χ3v) is 3.60. The van der Waals surface area contributed by atoms with Gasteiger partial charge in [0.05, 0.1) is 17.4 Å². The first kappa shape index (κ1) is 15.3. The smallest absolute Gasteiger partial charge is 0.416 e. The largest absolute Gasteiger partial charge is 0.504 e. The van der Waals surface area contributed by atoms with E-state index < -0.39 is 17.8 Å². The fourth-order valence-electron chi connectivity index (χ4n) is 2.51. The van der Waals surface area contributed by atoms with Gasteiger partial charge in [-0.15, -0.1) is 0 Å². The molecule has 0 saturated heterocycles. The Bertz CT molecular complexity index is 742. The van der Waals surface area contributed by atoms with E-state index in [1.807, 2.05) is 0 Å². The van der Waals surface area contributed by atoms with Crippen LogP contribution in [0.4, 0.5) is 19.1 Å². The third-order valence-electron chi connectivity index (χ3n) is 3.60. The van der Waals surface area contributed by atoms with Gasteiger partial charge in [-0.1, -0.05) is 12.1 Å². The first-order valence-electron chi connectivity index (χ1n) is 6.93. The van der Waals surface area contributed by atoms with Gasteiger partial charge < -0.3 is 19.6 Å². The van der Waals surface area contributed by atoms with Gasteiger partial charge in [0.15, 0.2) is 17.6 Å². The zero-order chi connectivity index (χ0) is 16.6. The second-order valence-corrected chi connectivity index (χ2v) is 5.08. The first-order chi connectivity index (χ1) is 10.9. The number of ether oxygens (including phenoxy) is 1. The van der Waals surface area contributed by atoms with Gasteiger partial charge in [-0.05, 0) is 23.8 Å². The van der Waals surface area contributed by atoms with Crippen molar-refractivity contribution in [3.05, 3.63) is 47.9 Å². The molecule has 0 amide bonds. The van der Waals surface area contributed by atoms with Crippen LogP contribution in [0.3, 0.4) is 0 Å². The molecule has 122 valence electrons. The number of anilines is 1. The molecule has 0 fully saturated rings. The molecule has 23 heavy (non-hydrogen) atoms. The molecule has 1 atom stereocenters. The predicted molar refractivity (Wildman–Crippen MR) is 77.9 cm³/mol. The molecule has 4 nitrogen and oxygen atoms in total. The zero-order valence-corrected chi connectivity index (χ0v) is 12.1. The van der Waals surface area contributed by atoms with Crippen molar-refractivity contribution in [2.45, 2.75) is 18.7 Å². The SMILES string of the molecule is CNc1oc(C2CC=CO2)c(O)c1-c1cccc(C(F)(F)F)c1. The Labute approximate surface area is 130 Å². The Kier molecular flexibility index (Phi) is 3.71. The van der Waals surface area contributed by atoms with Crippen LogP contribution in [0.2, 0.25) is 0 Å². The monoisotopic (exact) mass is 325 g/mol. The topological polar surface area (TPSA) is 54.6 Å². The lowest BCUT2D eigenvalue weighted by atomic mass is 10.0. The van der Waals surface area contributed by atoms with E-state index in [0.717, 1.165) is 12.1 Å². The molecule has 1 aliphatic heterocycles. The van der Waals surface area contributed by atoms with E-state index in [1.165, 1.54) is 18.4 Å². The lowest BCUT2D eigenvalue weighted by Crippen LogP contribution is -2.04. The summed E-state index contributed by atoms with van der Waals surface area (Å²) in [5, 5.41) is 13.2. The highest BCUT2D eigenvalue weighted by molar-refractivity contribution is 5.81. The predicted octanol–water partition coefficient (Wildman–Crippen LogP) is 4.69. The minimum atomic E-state index is -4.46. The number of aromatic hydroxyl groups is 1. The molecule has 0 spiro atoms. The standard InChI is InChI=1S/C16H14F3NO3/c1-20-15-12(9-4-2-5-10(8-9)16(17,18)19)13(21)14(23-15)11-6-3-7-22-11/h2-5,7-8,11,20-21H,6H2,1H3. The minimum Gasteiger partial charge on any atom is -0.504 e. The Morgan fingerprint density at radius 2 is 2.09 bits per heavy atom.